The normalized spacial score (nSPS) is 17.0. The molecule has 0 amide bonds. The van der Waals surface area contributed by atoms with Gasteiger partial charge >= 0.3 is 5.97 Å². The zero-order valence-corrected chi connectivity index (χ0v) is 17.2. The van der Waals surface area contributed by atoms with Gasteiger partial charge in [-0.2, -0.15) is 0 Å². The largest absolute Gasteiger partial charge is 0.508 e. The summed E-state index contributed by atoms with van der Waals surface area (Å²) in [4.78, 5) is 12.8. The molecule has 1 aliphatic rings. The molecule has 0 unspecified atom stereocenters. The molecule has 3 aromatic rings. The molecule has 0 fully saturated rings. The lowest BCUT2D eigenvalue weighted by Crippen LogP contribution is -2.34. The van der Waals surface area contributed by atoms with Crippen LogP contribution >= 0.6 is 0 Å². The lowest BCUT2D eigenvalue weighted by Gasteiger charge is -2.34. The number of hydrogen-bond donors (Lipinski definition) is 6. The minimum atomic E-state index is -1.01. The van der Waals surface area contributed by atoms with Gasteiger partial charge in [-0.05, 0) is 30.3 Å². The Bertz CT molecular complexity index is 1210. The predicted octanol–water partition coefficient (Wildman–Crippen LogP) is 2.83. The van der Waals surface area contributed by atoms with Crippen molar-refractivity contribution in [2.45, 2.75) is 18.6 Å². The Morgan fingerprint density at radius 2 is 1.58 bits per heavy atom. The first-order valence-corrected chi connectivity index (χ1v) is 9.72. The fourth-order valence-corrected chi connectivity index (χ4v) is 3.70. The molecule has 3 aromatic carbocycles. The van der Waals surface area contributed by atoms with Crippen molar-refractivity contribution in [3.8, 4) is 46.0 Å². The molecule has 0 saturated carbocycles. The quantitative estimate of drug-likeness (QED) is 0.254. The highest BCUT2D eigenvalue weighted by atomic mass is 16.6. The van der Waals surface area contributed by atoms with E-state index in [1.165, 1.54) is 31.4 Å². The summed E-state index contributed by atoms with van der Waals surface area (Å²) in [5.41, 5.74) is 0.536. The molecule has 0 spiro atoms. The molecule has 10 heteroatoms. The van der Waals surface area contributed by atoms with Crippen LogP contribution in [-0.4, -0.2) is 49.8 Å². The first-order valence-electron chi connectivity index (χ1n) is 9.72. The van der Waals surface area contributed by atoms with E-state index in [9.17, 15) is 35.4 Å². The number of carbonyl (C=O) groups is 1. The van der Waals surface area contributed by atoms with Crippen molar-refractivity contribution in [2.24, 2.45) is 0 Å². The molecule has 6 N–H and O–H groups in total. The summed E-state index contributed by atoms with van der Waals surface area (Å²) in [5.74, 6) is -3.31. The first-order chi connectivity index (χ1) is 15.7. The third-order valence-corrected chi connectivity index (χ3v) is 5.21. The number of phenolic OH excluding ortho intramolecular Hbond substituents is 6. The van der Waals surface area contributed by atoms with E-state index in [0.717, 1.165) is 18.2 Å². The van der Waals surface area contributed by atoms with E-state index in [-0.39, 0.29) is 40.7 Å². The summed E-state index contributed by atoms with van der Waals surface area (Å²) in [6.45, 7) is 0. The van der Waals surface area contributed by atoms with E-state index >= 15 is 0 Å². The van der Waals surface area contributed by atoms with Crippen LogP contribution in [0.25, 0.3) is 0 Å². The van der Waals surface area contributed by atoms with Gasteiger partial charge in [0.15, 0.2) is 40.6 Å². The van der Waals surface area contributed by atoms with Gasteiger partial charge in [-0.1, -0.05) is 6.07 Å². The number of phenols is 6. The van der Waals surface area contributed by atoms with E-state index in [0.29, 0.717) is 11.1 Å². The lowest BCUT2D eigenvalue weighted by atomic mass is 9.93. The highest BCUT2D eigenvalue weighted by Gasteiger charge is 2.37. The maximum atomic E-state index is 12.8. The summed E-state index contributed by atoms with van der Waals surface area (Å²) in [6, 6.07) is 8.50. The van der Waals surface area contributed by atoms with Gasteiger partial charge in [0, 0.05) is 23.6 Å². The minimum Gasteiger partial charge on any atom is -0.508 e. The van der Waals surface area contributed by atoms with Gasteiger partial charge in [-0.3, -0.25) is 0 Å². The van der Waals surface area contributed by atoms with Crippen molar-refractivity contribution in [1.29, 1.82) is 0 Å². The number of fused-ring (bicyclic) bond motifs is 1. The van der Waals surface area contributed by atoms with Crippen LogP contribution in [0, 0.1) is 0 Å². The van der Waals surface area contributed by atoms with Gasteiger partial charge in [0.05, 0.1) is 12.7 Å². The van der Waals surface area contributed by atoms with Crippen molar-refractivity contribution in [3.63, 3.8) is 0 Å². The average molecular weight is 456 g/mol. The molecule has 1 heterocycles. The Morgan fingerprint density at radius 1 is 0.879 bits per heavy atom. The molecule has 1 aliphatic heterocycles. The Morgan fingerprint density at radius 3 is 2.21 bits per heavy atom. The highest BCUT2D eigenvalue weighted by Crippen LogP contribution is 2.45. The Kier molecular flexibility index (Phi) is 5.42. The fourth-order valence-electron chi connectivity index (χ4n) is 3.70. The second-order valence-corrected chi connectivity index (χ2v) is 7.44. The molecule has 0 radical (unpaired) electrons. The zero-order valence-electron chi connectivity index (χ0n) is 17.2. The van der Waals surface area contributed by atoms with Crippen molar-refractivity contribution < 1.29 is 49.6 Å². The first kappa shape index (κ1) is 21.8. The number of esters is 1. The Balaban J connectivity index is 1.71. The van der Waals surface area contributed by atoms with Gasteiger partial charge in [0.2, 0.25) is 5.75 Å². The van der Waals surface area contributed by atoms with Gasteiger partial charge < -0.3 is 44.8 Å². The number of ether oxygens (including phenoxy) is 3. The lowest BCUT2D eigenvalue weighted by molar-refractivity contribution is -0.0191. The third-order valence-electron chi connectivity index (χ3n) is 5.21. The molecule has 2 atom stereocenters. The van der Waals surface area contributed by atoms with Crippen LogP contribution in [-0.2, 0) is 11.2 Å². The average Bonchev–Trinajstić information content (AvgIpc) is 2.75. The Labute approximate surface area is 187 Å². The monoisotopic (exact) mass is 456 g/mol. The van der Waals surface area contributed by atoms with E-state index in [1.54, 1.807) is 0 Å². The second kappa shape index (κ2) is 8.23. The van der Waals surface area contributed by atoms with Gasteiger partial charge in [0.25, 0.3) is 0 Å². The van der Waals surface area contributed by atoms with E-state index < -0.39 is 35.4 Å². The fraction of sp³-hybridized carbons (Fsp3) is 0.174. The van der Waals surface area contributed by atoms with Crippen LogP contribution < -0.4 is 9.47 Å². The number of benzene rings is 3. The molecule has 172 valence electrons. The maximum Gasteiger partial charge on any atom is 0.338 e. The number of aromatic hydroxyl groups is 6. The van der Waals surface area contributed by atoms with E-state index in [4.69, 9.17) is 14.2 Å². The van der Waals surface area contributed by atoms with Crippen molar-refractivity contribution >= 4 is 5.97 Å². The maximum absolute atomic E-state index is 12.8. The van der Waals surface area contributed by atoms with Gasteiger partial charge in [-0.25, -0.2) is 4.79 Å². The molecule has 10 nitrogen and oxygen atoms in total. The number of methoxy groups -OCH3 is 1. The molecular formula is C23H20O10. The predicted molar refractivity (Wildman–Crippen MR) is 112 cm³/mol. The van der Waals surface area contributed by atoms with Gasteiger partial charge in [0.1, 0.15) is 11.9 Å². The molecule has 0 aromatic heterocycles. The molecule has 0 aliphatic carbocycles. The molecular weight excluding hydrogens is 436 g/mol. The standard InChI is InChI=1S/C23H20O10/c1-31-22-16(27)6-12(7-17(22)28)23(30)32-19-8-11-4-13(24)9-18(29)20(11)33-21(19)10-2-3-14(25)15(26)5-10/h2-7,9,19,21,24-29H,8H2,1H3/t19-,21-/m1/s1. The number of hydrogen-bond acceptors (Lipinski definition) is 10. The summed E-state index contributed by atoms with van der Waals surface area (Å²) in [6.07, 6.45) is -2.01. The summed E-state index contributed by atoms with van der Waals surface area (Å²) < 4.78 is 16.3. The van der Waals surface area contributed by atoms with Crippen LogP contribution in [0.2, 0.25) is 0 Å². The van der Waals surface area contributed by atoms with Crippen LogP contribution in [0.15, 0.2) is 42.5 Å². The van der Waals surface area contributed by atoms with Gasteiger partial charge in [-0.15, -0.1) is 0 Å². The second-order valence-electron chi connectivity index (χ2n) is 7.44. The zero-order chi connectivity index (χ0) is 23.9. The smallest absolute Gasteiger partial charge is 0.338 e. The van der Waals surface area contributed by atoms with Crippen molar-refractivity contribution in [2.75, 3.05) is 7.11 Å². The van der Waals surface area contributed by atoms with Crippen LogP contribution in [0.4, 0.5) is 0 Å². The van der Waals surface area contributed by atoms with Crippen LogP contribution in [0.5, 0.6) is 46.0 Å². The third kappa shape index (κ3) is 4.05. The summed E-state index contributed by atoms with van der Waals surface area (Å²) in [5, 5.41) is 59.5. The summed E-state index contributed by atoms with van der Waals surface area (Å²) >= 11 is 0. The molecule has 33 heavy (non-hydrogen) atoms. The molecule has 0 bridgehead atoms. The SMILES string of the molecule is COc1c(O)cc(C(=O)O[C@@H]2Cc3cc(O)cc(O)c3O[C@@H]2c2ccc(O)c(O)c2)cc1O. The molecule has 0 saturated heterocycles. The van der Waals surface area contributed by atoms with Crippen molar-refractivity contribution in [3.05, 3.63) is 59.2 Å². The van der Waals surface area contributed by atoms with E-state index in [1.807, 2.05) is 0 Å². The van der Waals surface area contributed by atoms with Crippen molar-refractivity contribution in [1.82, 2.24) is 0 Å². The summed E-state index contributed by atoms with van der Waals surface area (Å²) in [7, 11) is 1.24. The highest BCUT2D eigenvalue weighted by molar-refractivity contribution is 5.91. The number of carbonyl (C=O) groups excluding carboxylic acids is 1. The Hall–Kier alpha value is -4.47. The topological polar surface area (TPSA) is 166 Å². The van der Waals surface area contributed by atoms with Crippen LogP contribution in [0.1, 0.15) is 27.6 Å². The van der Waals surface area contributed by atoms with E-state index in [2.05, 4.69) is 0 Å². The minimum absolute atomic E-state index is 0.0173. The molecule has 4 rings (SSSR count). The number of rotatable bonds is 4. The van der Waals surface area contributed by atoms with Crippen LogP contribution in [0.3, 0.4) is 0 Å².